The third-order valence-corrected chi connectivity index (χ3v) is 8.65. The Kier molecular flexibility index (Phi) is 14.3. The van der Waals surface area contributed by atoms with Gasteiger partial charge in [-0.2, -0.15) is 0 Å². The minimum Gasteiger partial charge on any atom is -0.497 e. The van der Waals surface area contributed by atoms with Crippen LogP contribution >= 0.6 is 15.9 Å². The van der Waals surface area contributed by atoms with Gasteiger partial charge in [-0.25, -0.2) is 0 Å². The summed E-state index contributed by atoms with van der Waals surface area (Å²) in [5, 5.41) is 11.0. The minimum absolute atomic E-state index is 0.215. The zero-order valence-corrected chi connectivity index (χ0v) is 28.3. The van der Waals surface area contributed by atoms with Crippen molar-refractivity contribution in [3.63, 3.8) is 0 Å². The average molecular weight is 678 g/mol. The molecule has 1 saturated heterocycles. The van der Waals surface area contributed by atoms with Crippen molar-refractivity contribution in [2.75, 3.05) is 20.8 Å². The molecule has 0 amide bonds. The number of methoxy groups -OCH3 is 2. The first-order valence-corrected chi connectivity index (χ1v) is 16.1. The third-order valence-electron chi connectivity index (χ3n) is 8.33. The molecule has 9 heteroatoms. The summed E-state index contributed by atoms with van der Waals surface area (Å²) in [5.74, 6) is -0.648. The quantitative estimate of drug-likeness (QED) is 0.132. The van der Waals surface area contributed by atoms with Crippen LogP contribution in [0.5, 0.6) is 5.75 Å². The molecule has 1 aliphatic rings. The van der Waals surface area contributed by atoms with Crippen LogP contribution in [0, 0.1) is 5.41 Å². The Labute approximate surface area is 271 Å². The van der Waals surface area contributed by atoms with Gasteiger partial charge in [0.1, 0.15) is 11.9 Å². The fraction of sp³-hybridized carbons (Fsp3) is 0.571. The normalized spacial score (nSPS) is 22.6. The molecule has 8 nitrogen and oxygen atoms in total. The van der Waals surface area contributed by atoms with Crippen molar-refractivity contribution in [3.8, 4) is 5.75 Å². The average Bonchev–Trinajstić information content (AvgIpc) is 3.00. The van der Waals surface area contributed by atoms with E-state index in [-0.39, 0.29) is 31.0 Å². The zero-order valence-electron chi connectivity index (χ0n) is 26.8. The summed E-state index contributed by atoms with van der Waals surface area (Å²) in [5.41, 5.74) is 1.46. The van der Waals surface area contributed by atoms with Crippen molar-refractivity contribution < 1.29 is 38.3 Å². The van der Waals surface area contributed by atoms with Gasteiger partial charge in [-0.3, -0.25) is 4.79 Å². The fourth-order valence-corrected chi connectivity index (χ4v) is 6.07. The van der Waals surface area contributed by atoms with Crippen LogP contribution in [-0.2, 0) is 41.7 Å². The Hall–Kier alpha value is -2.27. The molecule has 0 radical (unpaired) electrons. The maximum atomic E-state index is 12.4. The molecule has 0 bridgehead atoms. The van der Waals surface area contributed by atoms with E-state index in [0.29, 0.717) is 50.0 Å². The van der Waals surface area contributed by atoms with E-state index in [1.807, 2.05) is 54.6 Å². The standard InChI is InChI=1S/C35H49BrO8/c1-7-33(38)43-30(17-18-41-23-27-13-15-29(39-5)16-14-27)20-31-21-32(42-24-26-11-9-8-10-12-26)34(3,4)35(40-6,44-31)22-28(37)19-25(2)36/h8-16,28,30-32,37H,2,7,17-24H2,1,3-6H3/t28?,30-,31+,32-,35-/m0/s1. The summed E-state index contributed by atoms with van der Waals surface area (Å²) in [4.78, 5) is 12.4. The molecule has 0 saturated carbocycles. The number of hydrogen-bond acceptors (Lipinski definition) is 8. The van der Waals surface area contributed by atoms with E-state index in [4.69, 9.17) is 28.4 Å². The second-order valence-electron chi connectivity index (χ2n) is 11.9. The van der Waals surface area contributed by atoms with Gasteiger partial charge in [0.2, 0.25) is 0 Å². The summed E-state index contributed by atoms with van der Waals surface area (Å²) in [6.07, 6.45) is 0.539. The van der Waals surface area contributed by atoms with Crippen LogP contribution in [0.3, 0.4) is 0 Å². The lowest BCUT2D eigenvalue weighted by Crippen LogP contribution is -2.62. The number of benzene rings is 2. The number of carbonyl (C=O) groups is 1. The lowest BCUT2D eigenvalue weighted by molar-refractivity contribution is -0.361. The Bertz CT molecular complexity index is 1160. The highest BCUT2D eigenvalue weighted by Crippen LogP contribution is 2.50. The van der Waals surface area contributed by atoms with Gasteiger partial charge in [-0.15, -0.1) is 0 Å². The summed E-state index contributed by atoms with van der Waals surface area (Å²) in [6.45, 7) is 11.0. The van der Waals surface area contributed by atoms with Gasteiger partial charge in [0.25, 0.3) is 0 Å². The predicted octanol–water partition coefficient (Wildman–Crippen LogP) is 7.11. The van der Waals surface area contributed by atoms with Crippen LogP contribution in [0.2, 0.25) is 0 Å². The topological polar surface area (TPSA) is 92.7 Å². The van der Waals surface area contributed by atoms with Crippen molar-refractivity contribution in [3.05, 3.63) is 76.8 Å². The van der Waals surface area contributed by atoms with Gasteiger partial charge < -0.3 is 33.5 Å². The highest BCUT2D eigenvalue weighted by molar-refractivity contribution is 9.11. The van der Waals surface area contributed by atoms with Crippen molar-refractivity contribution in [1.29, 1.82) is 0 Å². The SMILES string of the molecule is C=C(Br)CC(O)C[C@]1(OC)O[C@H](C[C@H](CCOCc2ccc(OC)cc2)OC(=O)CC)C[C@H](OCc2ccccc2)C1(C)C. The molecule has 0 aliphatic carbocycles. The molecular weight excluding hydrogens is 628 g/mol. The van der Waals surface area contributed by atoms with E-state index in [1.165, 1.54) is 0 Å². The summed E-state index contributed by atoms with van der Waals surface area (Å²) < 4.78 is 37.2. The maximum absolute atomic E-state index is 12.4. The van der Waals surface area contributed by atoms with Crippen molar-refractivity contribution in [2.45, 2.75) is 103 Å². The van der Waals surface area contributed by atoms with Gasteiger partial charge in [-0.1, -0.05) is 85.7 Å². The highest BCUT2D eigenvalue weighted by Gasteiger charge is 2.57. The van der Waals surface area contributed by atoms with E-state index in [2.05, 4.69) is 36.4 Å². The Morgan fingerprint density at radius 3 is 2.39 bits per heavy atom. The zero-order chi connectivity index (χ0) is 32.2. The van der Waals surface area contributed by atoms with Gasteiger partial charge in [0, 0.05) is 51.0 Å². The van der Waals surface area contributed by atoms with Crippen LogP contribution in [0.25, 0.3) is 0 Å². The van der Waals surface area contributed by atoms with Crippen LogP contribution in [0.15, 0.2) is 65.7 Å². The maximum Gasteiger partial charge on any atom is 0.305 e. The number of ether oxygens (including phenoxy) is 6. The smallest absolute Gasteiger partial charge is 0.305 e. The molecule has 2 aromatic rings. The second-order valence-corrected chi connectivity index (χ2v) is 13.0. The number of hydrogen-bond donors (Lipinski definition) is 1. The lowest BCUT2D eigenvalue weighted by Gasteiger charge is -2.55. The number of esters is 1. The Balaban J connectivity index is 1.77. The minimum atomic E-state index is -1.16. The number of aliphatic hydroxyl groups excluding tert-OH is 1. The van der Waals surface area contributed by atoms with Gasteiger partial charge in [0.15, 0.2) is 5.79 Å². The molecule has 5 atom stereocenters. The molecule has 1 N–H and O–H groups in total. The number of halogens is 1. The monoisotopic (exact) mass is 676 g/mol. The van der Waals surface area contributed by atoms with Crippen LogP contribution in [-0.4, -0.2) is 62.1 Å². The third kappa shape index (κ3) is 10.4. The number of carbonyl (C=O) groups excluding carboxylic acids is 1. The van der Waals surface area contributed by atoms with E-state index in [9.17, 15) is 9.90 Å². The molecule has 1 unspecified atom stereocenters. The van der Waals surface area contributed by atoms with E-state index in [0.717, 1.165) is 16.9 Å². The number of rotatable bonds is 18. The molecule has 1 aliphatic heterocycles. The van der Waals surface area contributed by atoms with E-state index >= 15 is 0 Å². The van der Waals surface area contributed by atoms with Crippen molar-refractivity contribution >= 4 is 21.9 Å². The van der Waals surface area contributed by atoms with Crippen molar-refractivity contribution in [2.24, 2.45) is 5.41 Å². The van der Waals surface area contributed by atoms with Crippen molar-refractivity contribution in [1.82, 2.24) is 0 Å². The van der Waals surface area contributed by atoms with Crippen LogP contribution < -0.4 is 4.74 Å². The molecular formula is C35H49BrO8. The molecule has 44 heavy (non-hydrogen) atoms. The Morgan fingerprint density at radius 2 is 1.77 bits per heavy atom. The summed E-state index contributed by atoms with van der Waals surface area (Å²) in [7, 11) is 3.24. The van der Waals surface area contributed by atoms with Gasteiger partial charge in [0.05, 0.1) is 45.2 Å². The fourth-order valence-electron chi connectivity index (χ4n) is 5.70. The molecule has 1 heterocycles. The molecule has 2 aromatic carbocycles. The first-order chi connectivity index (χ1) is 21.0. The van der Waals surface area contributed by atoms with E-state index in [1.54, 1.807) is 21.1 Å². The predicted molar refractivity (Wildman–Crippen MR) is 173 cm³/mol. The molecule has 0 aromatic heterocycles. The van der Waals surface area contributed by atoms with Crippen LogP contribution in [0.1, 0.15) is 70.4 Å². The van der Waals surface area contributed by atoms with Gasteiger partial charge >= 0.3 is 5.97 Å². The first-order valence-electron chi connectivity index (χ1n) is 15.3. The van der Waals surface area contributed by atoms with E-state index < -0.39 is 23.4 Å². The number of aliphatic hydroxyl groups is 1. The molecule has 3 rings (SSSR count). The summed E-state index contributed by atoms with van der Waals surface area (Å²) in [6, 6.07) is 17.7. The second kappa shape index (κ2) is 17.4. The summed E-state index contributed by atoms with van der Waals surface area (Å²) >= 11 is 3.37. The molecule has 244 valence electrons. The lowest BCUT2D eigenvalue weighted by atomic mass is 9.70. The Morgan fingerprint density at radius 1 is 1.09 bits per heavy atom. The largest absolute Gasteiger partial charge is 0.497 e. The molecule has 0 spiro atoms. The first kappa shape index (κ1) is 36.2. The molecule has 1 fully saturated rings. The highest BCUT2D eigenvalue weighted by atomic mass is 79.9. The van der Waals surface area contributed by atoms with Crippen LogP contribution in [0.4, 0.5) is 0 Å². The van der Waals surface area contributed by atoms with Gasteiger partial charge in [-0.05, 0) is 27.7 Å².